The monoisotopic (exact) mass is 443 g/mol. The van der Waals surface area contributed by atoms with Gasteiger partial charge in [0.05, 0.1) is 30.1 Å². The first-order valence-corrected chi connectivity index (χ1v) is 11.5. The second kappa shape index (κ2) is 14.0. The van der Waals surface area contributed by atoms with E-state index in [0.717, 1.165) is 30.1 Å². The Morgan fingerprint density at radius 2 is 1.47 bits per heavy atom. The van der Waals surface area contributed by atoms with E-state index in [1.54, 1.807) is 6.07 Å². The number of hydrogen-bond donors (Lipinski definition) is 0. The van der Waals surface area contributed by atoms with Gasteiger partial charge in [-0.1, -0.05) is 44.5 Å². The summed E-state index contributed by atoms with van der Waals surface area (Å²) >= 11 is 6.32. The molecule has 0 spiro atoms. The number of rotatable bonds is 12. The Balaban J connectivity index is 0.00000450. The number of carbonyl (C=O) groups is 1. The van der Waals surface area contributed by atoms with Crippen molar-refractivity contribution in [3.8, 4) is 17.2 Å². The summed E-state index contributed by atoms with van der Waals surface area (Å²) in [6.07, 6.45) is 2.64. The molecule has 0 aliphatic heterocycles. The van der Waals surface area contributed by atoms with Crippen LogP contribution in [0.2, 0.25) is 5.02 Å². The first kappa shape index (κ1) is 26.9. The SMILES string of the molecule is CCCOc1cc(OCCC)c(PC(=O)c2c(C)cccc2Cl)c(OCCC)c1.[Li]. The molecule has 0 aliphatic carbocycles. The summed E-state index contributed by atoms with van der Waals surface area (Å²) in [7, 11) is -0.162. The van der Waals surface area contributed by atoms with E-state index in [9.17, 15) is 4.79 Å². The molecule has 7 heteroatoms. The largest absolute Gasteiger partial charge is 0.493 e. The third-order valence-electron chi connectivity index (χ3n) is 4.12. The van der Waals surface area contributed by atoms with Gasteiger partial charge in [0.25, 0.3) is 0 Å². The van der Waals surface area contributed by atoms with Crippen molar-refractivity contribution in [3.05, 3.63) is 46.5 Å². The van der Waals surface area contributed by atoms with Crippen molar-refractivity contribution in [2.75, 3.05) is 19.8 Å². The van der Waals surface area contributed by atoms with E-state index < -0.39 is 0 Å². The Labute approximate surface area is 199 Å². The molecule has 0 bridgehead atoms. The van der Waals surface area contributed by atoms with E-state index in [-0.39, 0.29) is 33.0 Å². The molecule has 0 saturated heterocycles. The van der Waals surface area contributed by atoms with Gasteiger partial charge in [-0.3, -0.25) is 4.79 Å². The van der Waals surface area contributed by atoms with Crippen LogP contribution >= 0.6 is 20.2 Å². The Kier molecular flexibility index (Phi) is 12.5. The van der Waals surface area contributed by atoms with Gasteiger partial charge in [0.2, 0.25) is 0 Å². The summed E-state index contributed by atoms with van der Waals surface area (Å²) in [5, 5.41) is 1.23. The molecule has 2 aromatic rings. The van der Waals surface area contributed by atoms with Crippen molar-refractivity contribution >= 4 is 49.9 Å². The molecule has 159 valence electrons. The van der Waals surface area contributed by atoms with Crippen molar-refractivity contribution in [2.45, 2.75) is 47.0 Å². The number of benzene rings is 2. The van der Waals surface area contributed by atoms with Crippen molar-refractivity contribution in [1.82, 2.24) is 0 Å². The fourth-order valence-corrected chi connectivity index (χ4v) is 4.35. The molecule has 0 heterocycles. The molecule has 2 rings (SSSR count). The molecule has 2 aromatic carbocycles. The Morgan fingerprint density at radius 3 is 1.97 bits per heavy atom. The first-order chi connectivity index (χ1) is 14.0. The van der Waals surface area contributed by atoms with Crippen LogP contribution < -0.4 is 19.5 Å². The standard InChI is InChI=1S/C23H30ClO4P.Li/c1-5-11-26-17-14-19(27-12-6-2)22(20(15-17)28-13-7-3)29-23(25)21-16(4)9-8-10-18(21)24;/h8-10,14-15,29H,5-7,11-13H2,1-4H3;. The quantitative estimate of drug-likeness (QED) is 0.308. The molecule has 0 aliphatic rings. The number of carbonyl (C=O) groups excluding carboxylic acids is 1. The normalized spacial score (nSPS) is 10.7. The Morgan fingerprint density at radius 1 is 0.933 bits per heavy atom. The minimum Gasteiger partial charge on any atom is -0.493 e. The van der Waals surface area contributed by atoms with Crippen LogP contribution in [-0.2, 0) is 0 Å². The summed E-state index contributed by atoms with van der Waals surface area (Å²) in [4.78, 5) is 13.2. The molecule has 4 nitrogen and oxygen atoms in total. The maximum Gasteiger partial charge on any atom is 0.187 e. The predicted molar refractivity (Wildman–Crippen MR) is 128 cm³/mol. The smallest absolute Gasteiger partial charge is 0.187 e. The molecular weight excluding hydrogens is 414 g/mol. The number of hydrogen-bond acceptors (Lipinski definition) is 4. The third kappa shape index (κ3) is 7.51. The minimum absolute atomic E-state index is 0. The van der Waals surface area contributed by atoms with Gasteiger partial charge < -0.3 is 14.2 Å². The van der Waals surface area contributed by atoms with E-state index in [1.165, 1.54) is 0 Å². The molecule has 0 aromatic heterocycles. The van der Waals surface area contributed by atoms with Crippen LogP contribution in [0.5, 0.6) is 17.2 Å². The van der Waals surface area contributed by atoms with Gasteiger partial charge in [-0.05, 0) is 46.4 Å². The minimum atomic E-state index is -0.162. The van der Waals surface area contributed by atoms with E-state index in [2.05, 4.69) is 6.92 Å². The maximum absolute atomic E-state index is 13.2. The molecule has 1 radical (unpaired) electrons. The fraction of sp³-hybridized carbons (Fsp3) is 0.435. The zero-order chi connectivity index (χ0) is 21.2. The van der Waals surface area contributed by atoms with Crippen LogP contribution in [-0.4, -0.2) is 44.2 Å². The summed E-state index contributed by atoms with van der Waals surface area (Å²) in [6.45, 7) is 9.78. The van der Waals surface area contributed by atoms with Crippen molar-refractivity contribution in [2.24, 2.45) is 0 Å². The van der Waals surface area contributed by atoms with Crippen molar-refractivity contribution in [1.29, 1.82) is 0 Å². The Bertz CT molecular complexity index is 780. The average molecular weight is 444 g/mol. The van der Waals surface area contributed by atoms with Gasteiger partial charge in [-0.2, -0.15) is 0 Å². The van der Waals surface area contributed by atoms with Gasteiger partial charge >= 0.3 is 0 Å². The number of halogens is 1. The topological polar surface area (TPSA) is 44.8 Å². The third-order valence-corrected chi connectivity index (χ3v) is 5.66. The molecule has 30 heavy (non-hydrogen) atoms. The second-order valence-electron chi connectivity index (χ2n) is 6.73. The van der Waals surface area contributed by atoms with E-state index in [1.807, 2.05) is 45.0 Å². The van der Waals surface area contributed by atoms with Gasteiger partial charge in [0, 0.05) is 36.6 Å². The average Bonchev–Trinajstić information content (AvgIpc) is 2.70. The van der Waals surface area contributed by atoms with E-state index >= 15 is 0 Å². The molecule has 1 atom stereocenters. The molecule has 0 fully saturated rings. The van der Waals surface area contributed by atoms with Gasteiger partial charge in [-0.15, -0.1) is 0 Å². The molecular formula is C23H30ClLiO4P. The molecule has 1 unspecified atom stereocenters. The predicted octanol–water partition coefficient (Wildman–Crippen LogP) is 5.78. The van der Waals surface area contributed by atoms with E-state index in [4.69, 9.17) is 25.8 Å². The number of ether oxygens (including phenoxy) is 3. The van der Waals surface area contributed by atoms with Crippen LogP contribution in [0.25, 0.3) is 0 Å². The van der Waals surface area contributed by atoms with Crippen molar-refractivity contribution < 1.29 is 19.0 Å². The fourth-order valence-electron chi connectivity index (χ4n) is 2.74. The first-order valence-electron chi connectivity index (χ1n) is 10.1. The van der Waals surface area contributed by atoms with Crippen LogP contribution in [0.1, 0.15) is 56.0 Å². The van der Waals surface area contributed by atoms with Crippen LogP contribution in [0, 0.1) is 6.92 Å². The van der Waals surface area contributed by atoms with Crippen LogP contribution in [0.3, 0.4) is 0 Å². The van der Waals surface area contributed by atoms with E-state index in [0.29, 0.717) is 47.7 Å². The molecule has 0 saturated carbocycles. The zero-order valence-electron chi connectivity index (χ0n) is 18.6. The Hall–Kier alpha value is -1.17. The second-order valence-corrected chi connectivity index (χ2v) is 8.34. The molecule has 0 N–H and O–H groups in total. The summed E-state index contributed by atoms with van der Waals surface area (Å²) in [5.74, 6) is 1.98. The summed E-state index contributed by atoms with van der Waals surface area (Å²) in [6, 6.07) is 9.21. The van der Waals surface area contributed by atoms with Crippen LogP contribution in [0.15, 0.2) is 30.3 Å². The zero-order valence-corrected chi connectivity index (χ0v) is 20.4. The summed E-state index contributed by atoms with van der Waals surface area (Å²) in [5.41, 5.74) is 1.39. The van der Waals surface area contributed by atoms with Crippen LogP contribution in [0.4, 0.5) is 0 Å². The molecule has 0 amide bonds. The number of aryl methyl sites for hydroxylation is 1. The van der Waals surface area contributed by atoms with Gasteiger partial charge in [-0.25, -0.2) is 0 Å². The van der Waals surface area contributed by atoms with Gasteiger partial charge in [0.1, 0.15) is 17.2 Å². The van der Waals surface area contributed by atoms with Gasteiger partial charge in [0.15, 0.2) is 5.52 Å². The maximum atomic E-state index is 13.2. The van der Waals surface area contributed by atoms with Crippen molar-refractivity contribution in [3.63, 3.8) is 0 Å². The summed E-state index contributed by atoms with van der Waals surface area (Å²) < 4.78 is 17.8.